The Bertz CT molecular complexity index is 1590. The first kappa shape index (κ1) is 30.7. The minimum atomic E-state index is -0.747. The summed E-state index contributed by atoms with van der Waals surface area (Å²) in [7, 11) is 1.32. The number of aromatic hydroxyl groups is 5. The second kappa shape index (κ2) is 14.1. The van der Waals surface area contributed by atoms with E-state index in [1.165, 1.54) is 49.6 Å². The molecular formula is C35H34O8. The molecule has 0 saturated carbocycles. The highest BCUT2D eigenvalue weighted by Gasteiger charge is 2.27. The van der Waals surface area contributed by atoms with Crippen LogP contribution in [-0.2, 0) is 6.42 Å². The number of methoxy groups -OCH3 is 1. The van der Waals surface area contributed by atoms with Crippen molar-refractivity contribution in [3.8, 4) is 34.5 Å². The second-order valence-electron chi connectivity index (χ2n) is 10.1. The average molecular weight is 583 g/mol. The predicted octanol–water partition coefficient (Wildman–Crippen LogP) is 6.19. The highest BCUT2D eigenvalue weighted by atomic mass is 16.5. The standard InChI is InChI=1S/C35H34O8/c1-43-32-21-31(41)33(35(42)34(32)30(40)20-10-23-8-16-27(38)17-9-23)29(24-11-18-28(39)19-12-24)4-2-3-25(36)13-5-22-6-14-26(37)15-7-22/h2,4,6-12,14-21,25,29,36-39,41-42H,3,5,13H2,1H3. The van der Waals surface area contributed by atoms with Crippen LogP contribution in [0.15, 0.2) is 97.1 Å². The molecule has 0 aliphatic heterocycles. The number of aryl methyl sites for hydroxylation is 1. The summed E-state index contributed by atoms with van der Waals surface area (Å²) in [4.78, 5) is 13.3. The number of ether oxygens (including phenoxy) is 1. The van der Waals surface area contributed by atoms with Crippen LogP contribution < -0.4 is 4.74 Å². The molecule has 8 heteroatoms. The van der Waals surface area contributed by atoms with Crippen molar-refractivity contribution >= 4 is 11.9 Å². The first-order valence-corrected chi connectivity index (χ1v) is 13.7. The normalized spacial score (nSPS) is 12.9. The molecule has 0 aromatic heterocycles. The number of hydrogen-bond donors (Lipinski definition) is 6. The Hall–Kier alpha value is -5.21. The maximum Gasteiger partial charge on any atom is 0.193 e. The number of benzene rings is 4. The van der Waals surface area contributed by atoms with Gasteiger partial charge in [0.05, 0.1) is 13.2 Å². The van der Waals surface area contributed by atoms with Gasteiger partial charge >= 0.3 is 0 Å². The third-order valence-electron chi connectivity index (χ3n) is 7.07. The Morgan fingerprint density at radius 3 is 2.02 bits per heavy atom. The summed E-state index contributed by atoms with van der Waals surface area (Å²) in [6, 6.07) is 20.5. The fraction of sp³-hybridized carbons (Fsp3) is 0.171. The monoisotopic (exact) mass is 582 g/mol. The van der Waals surface area contributed by atoms with Gasteiger partial charge in [0.2, 0.25) is 0 Å². The van der Waals surface area contributed by atoms with Crippen LogP contribution in [0.1, 0.15) is 51.4 Å². The zero-order valence-corrected chi connectivity index (χ0v) is 23.6. The summed E-state index contributed by atoms with van der Waals surface area (Å²) in [6.07, 6.45) is 6.96. The number of aliphatic hydroxyl groups excluding tert-OH is 1. The summed E-state index contributed by atoms with van der Waals surface area (Å²) in [5, 5.41) is 61.9. The molecule has 0 bridgehead atoms. The van der Waals surface area contributed by atoms with E-state index in [-0.39, 0.29) is 46.3 Å². The van der Waals surface area contributed by atoms with E-state index in [0.29, 0.717) is 24.0 Å². The molecule has 8 nitrogen and oxygen atoms in total. The first-order chi connectivity index (χ1) is 20.7. The molecule has 4 aromatic carbocycles. The second-order valence-corrected chi connectivity index (χ2v) is 10.1. The zero-order valence-electron chi connectivity index (χ0n) is 23.6. The topological polar surface area (TPSA) is 148 Å². The first-order valence-electron chi connectivity index (χ1n) is 13.7. The van der Waals surface area contributed by atoms with E-state index >= 15 is 0 Å². The molecule has 222 valence electrons. The van der Waals surface area contributed by atoms with Crippen LogP contribution >= 0.6 is 0 Å². The van der Waals surface area contributed by atoms with Crippen molar-refractivity contribution < 1.29 is 40.2 Å². The van der Waals surface area contributed by atoms with Crippen LogP contribution in [0.3, 0.4) is 0 Å². The van der Waals surface area contributed by atoms with E-state index in [4.69, 9.17) is 4.74 Å². The van der Waals surface area contributed by atoms with Gasteiger partial charge in [-0.15, -0.1) is 0 Å². The minimum Gasteiger partial charge on any atom is -0.508 e. The summed E-state index contributed by atoms with van der Waals surface area (Å²) >= 11 is 0. The van der Waals surface area contributed by atoms with E-state index in [1.54, 1.807) is 60.7 Å². The molecule has 0 aliphatic rings. The molecule has 0 amide bonds. The van der Waals surface area contributed by atoms with E-state index in [1.807, 2.05) is 0 Å². The van der Waals surface area contributed by atoms with E-state index in [9.17, 15) is 35.4 Å². The molecule has 6 N–H and O–H groups in total. The van der Waals surface area contributed by atoms with Crippen molar-refractivity contribution in [1.29, 1.82) is 0 Å². The highest BCUT2D eigenvalue weighted by Crippen LogP contribution is 2.45. The van der Waals surface area contributed by atoms with Crippen LogP contribution in [0.5, 0.6) is 34.5 Å². The summed E-state index contributed by atoms with van der Waals surface area (Å²) in [6.45, 7) is 0. The van der Waals surface area contributed by atoms with Gasteiger partial charge in [-0.1, -0.05) is 54.6 Å². The van der Waals surface area contributed by atoms with Crippen LogP contribution in [0.2, 0.25) is 0 Å². The summed E-state index contributed by atoms with van der Waals surface area (Å²) in [5.41, 5.74) is 2.16. The van der Waals surface area contributed by atoms with Crippen molar-refractivity contribution in [3.05, 3.63) is 125 Å². The van der Waals surface area contributed by atoms with Crippen LogP contribution in [0.25, 0.3) is 6.08 Å². The lowest BCUT2D eigenvalue weighted by Gasteiger charge is -2.20. The lowest BCUT2D eigenvalue weighted by atomic mass is 9.86. The van der Waals surface area contributed by atoms with Crippen LogP contribution in [0.4, 0.5) is 0 Å². The molecule has 0 fully saturated rings. The molecule has 0 spiro atoms. The van der Waals surface area contributed by atoms with Crippen molar-refractivity contribution in [2.75, 3.05) is 7.11 Å². The van der Waals surface area contributed by atoms with E-state index in [2.05, 4.69) is 0 Å². The molecule has 4 aromatic rings. The molecule has 0 aliphatic carbocycles. The van der Waals surface area contributed by atoms with Crippen molar-refractivity contribution in [1.82, 2.24) is 0 Å². The molecule has 2 atom stereocenters. The number of carbonyl (C=O) groups excluding carboxylic acids is 1. The average Bonchev–Trinajstić information content (AvgIpc) is 2.99. The van der Waals surface area contributed by atoms with Crippen molar-refractivity contribution in [3.63, 3.8) is 0 Å². The minimum absolute atomic E-state index is 0.0165. The number of phenolic OH excluding ortho intramolecular Hbond substituents is 5. The number of hydrogen-bond acceptors (Lipinski definition) is 8. The molecule has 4 rings (SSSR count). The number of allylic oxidation sites excluding steroid dienone is 2. The smallest absolute Gasteiger partial charge is 0.193 e. The van der Waals surface area contributed by atoms with E-state index < -0.39 is 23.6 Å². The number of ketones is 1. The molecule has 0 saturated heterocycles. The van der Waals surface area contributed by atoms with Gasteiger partial charge in [-0.2, -0.15) is 0 Å². The number of rotatable bonds is 12. The largest absolute Gasteiger partial charge is 0.508 e. The van der Waals surface area contributed by atoms with Gasteiger partial charge in [-0.05, 0) is 78.4 Å². The van der Waals surface area contributed by atoms with Gasteiger partial charge in [0, 0.05) is 17.5 Å². The van der Waals surface area contributed by atoms with Crippen LogP contribution in [0, 0.1) is 0 Å². The lowest BCUT2D eigenvalue weighted by Crippen LogP contribution is -2.08. The highest BCUT2D eigenvalue weighted by molar-refractivity contribution is 6.11. The summed E-state index contributed by atoms with van der Waals surface area (Å²) < 4.78 is 5.33. The fourth-order valence-electron chi connectivity index (χ4n) is 4.73. The number of carbonyl (C=O) groups is 1. The fourth-order valence-corrected chi connectivity index (χ4v) is 4.73. The van der Waals surface area contributed by atoms with Crippen molar-refractivity contribution in [2.45, 2.75) is 31.3 Å². The van der Waals surface area contributed by atoms with Gasteiger partial charge in [0.1, 0.15) is 40.1 Å². The Morgan fingerprint density at radius 2 is 1.42 bits per heavy atom. The third-order valence-corrected chi connectivity index (χ3v) is 7.07. The molecule has 43 heavy (non-hydrogen) atoms. The van der Waals surface area contributed by atoms with Crippen LogP contribution in [-0.4, -0.2) is 49.6 Å². The zero-order chi connectivity index (χ0) is 30.9. The third kappa shape index (κ3) is 7.96. The maximum absolute atomic E-state index is 13.3. The number of aliphatic hydroxyl groups is 1. The Labute approximate surface area is 249 Å². The van der Waals surface area contributed by atoms with Gasteiger partial charge in [0.15, 0.2) is 5.78 Å². The van der Waals surface area contributed by atoms with Gasteiger partial charge in [0.25, 0.3) is 0 Å². The Balaban J connectivity index is 1.64. The predicted molar refractivity (Wildman–Crippen MR) is 164 cm³/mol. The van der Waals surface area contributed by atoms with Gasteiger partial charge in [-0.3, -0.25) is 4.79 Å². The van der Waals surface area contributed by atoms with Gasteiger partial charge in [-0.25, -0.2) is 0 Å². The molecule has 0 heterocycles. The van der Waals surface area contributed by atoms with Gasteiger partial charge < -0.3 is 35.4 Å². The SMILES string of the molecule is COc1cc(O)c(C(C=CCC(O)CCc2ccc(O)cc2)c2ccc(O)cc2)c(O)c1C(=O)C=Cc1ccc(O)cc1. The Morgan fingerprint density at radius 1 is 0.837 bits per heavy atom. The summed E-state index contributed by atoms with van der Waals surface area (Å²) in [5.74, 6) is -1.80. The van der Waals surface area contributed by atoms with E-state index in [0.717, 1.165) is 5.56 Å². The molecule has 0 radical (unpaired) electrons. The molecular weight excluding hydrogens is 548 g/mol. The number of phenols is 5. The molecule has 2 unspecified atom stereocenters. The lowest BCUT2D eigenvalue weighted by molar-refractivity contribution is 0.104. The maximum atomic E-state index is 13.3. The van der Waals surface area contributed by atoms with Crippen molar-refractivity contribution in [2.24, 2.45) is 0 Å². The quantitative estimate of drug-likeness (QED) is 0.0658. The Kier molecular flexibility index (Phi) is 10.1.